The number of nitrogens with zero attached hydrogens (tertiary/aromatic N) is 2. The molecule has 0 aliphatic heterocycles. The summed E-state index contributed by atoms with van der Waals surface area (Å²) >= 11 is 0. The zero-order valence-corrected chi connectivity index (χ0v) is 16.7. The first-order valence-corrected chi connectivity index (χ1v) is 7.35. The van der Waals surface area contributed by atoms with Crippen molar-refractivity contribution in [2.24, 2.45) is 4.99 Å². The van der Waals surface area contributed by atoms with Gasteiger partial charge in [0.15, 0.2) is 5.96 Å². The highest BCUT2D eigenvalue weighted by molar-refractivity contribution is 14.0. The Morgan fingerprint density at radius 1 is 1.45 bits per heavy atom. The van der Waals surface area contributed by atoms with Crippen molar-refractivity contribution in [1.29, 1.82) is 0 Å². The molecule has 0 spiro atoms. The minimum absolute atomic E-state index is 0. The van der Waals surface area contributed by atoms with E-state index >= 15 is 0 Å². The molecule has 0 saturated heterocycles. The van der Waals surface area contributed by atoms with E-state index in [4.69, 9.17) is 9.15 Å². The van der Waals surface area contributed by atoms with Gasteiger partial charge in [-0.15, -0.1) is 24.0 Å². The van der Waals surface area contributed by atoms with Crippen molar-refractivity contribution in [3.63, 3.8) is 0 Å². The summed E-state index contributed by atoms with van der Waals surface area (Å²) < 4.78 is 10.8. The van der Waals surface area contributed by atoms with Crippen LogP contribution >= 0.6 is 24.0 Å². The summed E-state index contributed by atoms with van der Waals surface area (Å²) in [5.41, 5.74) is -0.0370. The molecule has 1 rings (SSSR count). The first-order valence-electron chi connectivity index (χ1n) is 7.35. The number of guanidine groups is 1. The lowest BCUT2D eigenvalue weighted by atomic mass is 9.94. The van der Waals surface area contributed by atoms with Gasteiger partial charge in [-0.25, -0.2) is 9.98 Å². The van der Waals surface area contributed by atoms with Gasteiger partial charge in [-0.1, -0.05) is 20.8 Å². The van der Waals surface area contributed by atoms with Gasteiger partial charge in [0.25, 0.3) is 0 Å². The molecule has 7 heteroatoms. The molecule has 0 saturated carbocycles. The number of halogens is 1. The molecular weight excluding hydrogens is 395 g/mol. The van der Waals surface area contributed by atoms with E-state index < -0.39 is 0 Å². The van der Waals surface area contributed by atoms with E-state index in [9.17, 15) is 0 Å². The summed E-state index contributed by atoms with van der Waals surface area (Å²) in [7, 11) is 1.68. The number of oxazole rings is 1. The first-order chi connectivity index (χ1) is 9.86. The van der Waals surface area contributed by atoms with Gasteiger partial charge in [-0.05, 0) is 13.8 Å². The summed E-state index contributed by atoms with van der Waals surface area (Å²) in [6.07, 6.45) is 1.78. The zero-order chi connectivity index (χ0) is 15.9. The molecule has 1 aromatic heterocycles. The monoisotopic (exact) mass is 424 g/mol. The van der Waals surface area contributed by atoms with E-state index in [1.807, 2.05) is 13.8 Å². The normalized spacial score (nSPS) is 13.5. The van der Waals surface area contributed by atoms with Crippen LogP contribution in [0.25, 0.3) is 0 Å². The molecule has 22 heavy (non-hydrogen) atoms. The standard InChI is InChI=1S/C15H28N4O2.HI/c1-7-16-14(19-11(2)10-20-6)18-9-13-17-8-12(21-13)15(3,4)5;/h8,11H,7,9-10H2,1-6H3,(H2,16,18,19);1H. The number of hydrogen-bond acceptors (Lipinski definition) is 4. The molecule has 1 aromatic rings. The molecule has 1 heterocycles. The quantitative estimate of drug-likeness (QED) is 0.418. The number of ether oxygens (including phenoxy) is 1. The Morgan fingerprint density at radius 3 is 2.64 bits per heavy atom. The van der Waals surface area contributed by atoms with Gasteiger partial charge >= 0.3 is 0 Å². The molecule has 0 amide bonds. The third kappa shape index (κ3) is 7.44. The molecule has 0 aliphatic rings. The summed E-state index contributed by atoms with van der Waals surface area (Å²) in [5, 5.41) is 6.46. The minimum Gasteiger partial charge on any atom is -0.443 e. The van der Waals surface area contributed by atoms with E-state index in [1.165, 1.54) is 0 Å². The van der Waals surface area contributed by atoms with Crippen molar-refractivity contribution < 1.29 is 9.15 Å². The number of aromatic nitrogens is 1. The Labute approximate surface area is 150 Å². The molecule has 1 atom stereocenters. The molecule has 0 bridgehead atoms. The average molecular weight is 424 g/mol. The fourth-order valence-corrected chi connectivity index (χ4v) is 1.72. The summed E-state index contributed by atoms with van der Waals surface area (Å²) in [6, 6.07) is 0.183. The Bertz CT molecular complexity index is 455. The van der Waals surface area contributed by atoms with E-state index in [2.05, 4.69) is 41.4 Å². The Balaban J connectivity index is 0.00000441. The van der Waals surface area contributed by atoms with Crippen molar-refractivity contribution in [1.82, 2.24) is 15.6 Å². The van der Waals surface area contributed by atoms with Gasteiger partial charge < -0.3 is 19.8 Å². The summed E-state index contributed by atoms with van der Waals surface area (Å²) in [4.78, 5) is 8.76. The van der Waals surface area contributed by atoms with E-state index in [0.717, 1.165) is 18.3 Å². The summed E-state index contributed by atoms with van der Waals surface area (Å²) in [5.74, 6) is 2.23. The van der Waals surface area contributed by atoms with Crippen molar-refractivity contribution in [2.75, 3.05) is 20.3 Å². The van der Waals surface area contributed by atoms with Crippen LogP contribution in [0.15, 0.2) is 15.6 Å². The molecule has 6 nitrogen and oxygen atoms in total. The van der Waals surface area contributed by atoms with Crippen LogP contribution in [0.1, 0.15) is 46.3 Å². The topological polar surface area (TPSA) is 71.7 Å². The lowest BCUT2D eigenvalue weighted by Gasteiger charge is -2.16. The van der Waals surface area contributed by atoms with Crippen molar-refractivity contribution in [3.8, 4) is 0 Å². The maximum absolute atomic E-state index is 5.73. The highest BCUT2D eigenvalue weighted by atomic mass is 127. The minimum atomic E-state index is -0.0370. The Morgan fingerprint density at radius 2 is 2.14 bits per heavy atom. The van der Waals surface area contributed by atoms with Gasteiger partial charge in [-0.3, -0.25) is 0 Å². The van der Waals surface area contributed by atoms with Crippen LogP contribution in [0.3, 0.4) is 0 Å². The predicted molar refractivity (Wildman–Crippen MR) is 99.9 cm³/mol. The molecule has 0 fully saturated rings. The van der Waals surface area contributed by atoms with Gasteiger partial charge in [0.2, 0.25) is 5.89 Å². The van der Waals surface area contributed by atoms with Crippen LogP contribution in [0, 0.1) is 0 Å². The van der Waals surface area contributed by atoms with Gasteiger partial charge in [0, 0.05) is 25.1 Å². The van der Waals surface area contributed by atoms with Crippen molar-refractivity contribution >= 4 is 29.9 Å². The van der Waals surface area contributed by atoms with Gasteiger partial charge in [-0.2, -0.15) is 0 Å². The predicted octanol–water partition coefficient (Wildman–Crippen LogP) is 2.68. The molecule has 0 aliphatic carbocycles. The Kier molecular flexibility index (Phi) is 9.66. The zero-order valence-electron chi connectivity index (χ0n) is 14.4. The molecular formula is C15H29IN4O2. The second kappa shape index (κ2) is 10.0. The summed E-state index contributed by atoms with van der Waals surface area (Å²) in [6.45, 7) is 12.2. The molecule has 0 radical (unpaired) electrons. The lowest BCUT2D eigenvalue weighted by molar-refractivity contribution is 0.179. The van der Waals surface area contributed by atoms with Gasteiger partial charge in [0.1, 0.15) is 12.3 Å². The Hall–Kier alpha value is -0.830. The van der Waals surface area contributed by atoms with Crippen molar-refractivity contribution in [3.05, 3.63) is 17.8 Å². The number of rotatable bonds is 6. The van der Waals surface area contributed by atoms with Crippen LogP contribution in [-0.4, -0.2) is 37.2 Å². The van der Waals surface area contributed by atoms with Crippen LogP contribution in [0.4, 0.5) is 0 Å². The SMILES string of the molecule is CCNC(=NCc1ncc(C(C)(C)C)o1)NC(C)COC.I. The smallest absolute Gasteiger partial charge is 0.216 e. The molecule has 0 aromatic carbocycles. The highest BCUT2D eigenvalue weighted by Gasteiger charge is 2.19. The van der Waals surface area contributed by atoms with Crippen LogP contribution < -0.4 is 10.6 Å². The highest BCUT2D eigenvalue weighted by Crippen LogP contribution is 2.22. The van der Waals surface area contributed by atoms with Crippen LogP contribution in [0.2, 0.25) is 0 Å². The molecule has 2 N–H and O–H groups in total. The van der Waals surface area contributed by atoms with Gasteiger partial charge in [0.05, 0.1) is 12.8 Å². The fourth-order valence-electron chi connectivity index (χ4n) is 1.72. The second-order valence-corrected chi connectivity index (χ2v) is 6.06. The first kappa shape index (κ1) is 21.2. The maximum atomic E-state index is 5.73. The van der Waals surface area contributed by atoms with E-state index in [0.29, 0.717) is 19.0 Å². The third-order valence-corrected chi connectivity index (χ3v) is 2.81. The molecule has 1 unspecified atom stereocenters. The third-order valence-electron chi connectivity index (χ3n) is 2.81. The number of nitrogens with one attached hydrogen (secondary N) is 2. The average Bonchev–Trinajstić information content (AvgIpc) is 2.85. The van der Waals surface area contributed by atoms with Crippen molar-refractivity contribution in [2.45, 2.75) is 52.6 Å². The van der Waals surface area contributed by atoms with Crippen LogP contribution in [0.5, 0.6) is 0 Å². The fraction of sp³-hybridized carbons (Fsp3) is 0.733. The molecule has 128 valence electrons. The van der Waals surface area contributed by atoms with Crippen LogP contribution in [-0.2, 0) is 16.7 Å². The van der Waals surface area contributed by atoms with E-state index in [-0.39, 0.29) is 35.4 Å². The number of aliphatic imine (C=N–C) groups is 1. The number of hydrogen-bond donors (Lipinski definition) is 2. The number of methoxy groups -OCH3 is 1. The lowest BCUT2D eigenvalue weighted by Crippen LogP contribution is -2.43. The maximum Gasteiger partial charge on any atom is 0.216 e. The second-order valence-electron chi connectivity index (χ2n) is 6.06. The van der Waals surface area contributed by atoms with E-state index in [1.54, 1.807) is 13.3 Å². The largest absolute Gasteiger partial charge is 0.443 e.